The van der Waals surface area contributed by atoms with Crippen molar-refractivity contribution in [1.82, 2.24) is 15.1 Å². The summed E-state index contributed by atoms with van der Waals surface area (Å²) in [6.07, 6.45) is 2.98. The second-order valence-electron chi connectivity index (χ2n) is 3.95. The summed E-state index contributed by atoms with van der Waals surface area (Å²) in [5.41, 5.74) is 6.15. The Kier molecular flexibility index (Phi) is 1.96. The number of carbonyl (C=O) groups excluding carboxylic acids is 1. The third-order valence-corrected chi connectivity index (χ3v) is 2.22. The molecule has 1 aromatic rings. The standard InChI is InChI=1S/C9H12N4O/c1-9(10)5-13(6-9)8(14)7-2-3-11-12-4-7/h2-4H,5-6,10H2,1H3. The Morgan fingerprint density at radius 1 is 1.57 bits per heavy atom. The van der Waals surface area contributed by atoms with Crippen LogP contribution in [0.4, 0.5) is 0 Å². The molecule has 0 aromatic carbocycles. The molecule has 1 saturated heterocycles. The molecule has 1 aromatic heterocycles. The van der Waals surface area contributed by atoms with Gasteiger partial charge in [0.05, 0.1) is 18.0 Å². The molecular weight excluding hydrogens is 180 g/mol. The second-order valence-corrected chi connectivity index (χ2v) is 3.95. The van der Waals surface area contributed by atoms with Crippen LogP contribution in [0.1, 0.15) is 17.3 Å². The maximum atomic E-state index is 11.7. The molecule has 2 rings (SSSR count). The van der Waals surface area contributed by atoms with Gasteiger partial charge in [-0.15, -0.1) is 0 Å². The molecule has 1 aliphatic rings. The van der Waals surface area contributed by atoms with Gasteiger partial charge in [-0.05, 0) is 13.0 Å². The third-order valence-electron chi connectivity index (χ3n) is 2.22. The fraction of sp³-hybridized carbons (Fsp3) is 0.444. The van der Waals surface area contributed by atoms with Crippen LogP contribution < -0.4 is 5.73 Å². The van der Waals surface area contributed by atoms with E-state index in [2.05, 4.69) is 10.2 Å². The van der Waals surface area contributed by atoms with Crippen molar-refractivity contribution in [2.75, 3.05) is 13.1 Å². The van der Waals surface area contributed by atoms with Crippen LogP contribution in [0.3, 0.4) is 0 Å². The molecule has 2 heterocycles. The Balaban J connectivity index is 2.05. The lowest BCUT2D eigenvalue weighted by molar-refractivity contribution is 0.0453. The van der Waals surface area contributed by atoms with Gasteiger partial charge in [-0.2, -0.15) is 10.2 Å². The fourth-order valence-corrected chi connectivity index (χ4v) is 1.57. The third kappa shape index (κ3) is 1.58. The van der Waals surface area contributed by atoms with Crippen molar-refractivity contribution in [3.8, 4) is 0 Å². The van der Waals surface area contributed by atoms with E-state index in [1.165, 1.54) is 12.4 Å². The summed E-state index contributed by atoms with van der Waals surface area (Å²) in [5.74, 6) is -0.0252. The van der Waals surface area contributed by atoms with Crippen LogP contribution in [0.15, 0.2) is 18.5 Å². The van der Waals surface area contributed by atoms with Crippen LogP contribution in [0, 0.1) is 0 Å². The van der Waals surface area contributed by atoms with Gasteiger partial charge in [0, 0.05) is 18.6 Å². The highest BCUT2D eigenvalue weighted by Crippen LogP contribution is 2.19. The highest BCUT2D eigenvalue weighted by atomic mass is 16.2. The Bertz CT molecular complexity index is 341. The number of rotatable bonds is 1. The normalized spacial score (nSPS) is 18.9. The molecule has 74 valence electrons. The maximum absolute atomic E-state index is 11.7. The van der Waals surface area contributed by atoms with Gasteiger partial charge in [-0.1, -0.05) is 0 Å². The van der Waals surface area contributed by atoms with E-state index in [4.69, 9.17) is 5.73 Å². The number of carbonyl (C=O) groups is 1. The fourth-order valence-electron chi connectivity index (χ4n) is 1.57. The Hall–Kier alpha value is -1.49. The van der Waals surface area contributed by atoms with Crippen molar-refractivity contribution >= 4 is 5.91 Å². The van der Waals surface area contributed by atoms with Crippen molar-refractivity contribution in [3.05, 3.63) is 24.0 Å². The number of amides is 1. The lowest BCUT2D eigenvalue weighted by Gasteiger charge is -2.45. The molecule has 2 N–H and O–H groups in total. The van der Waals surface area contributed by atoms with E-state index in [1.54, 1.807) is 11.0 Å². The minimum Gasteiger partial charge on any atom is -0.335 e. The molecule has 0 spiro atoms. The van der Waals surface area contributed by atoms with Crippen molar-refractivity contribution in [1.29, 1.82) is 0 Å². The predicted octanol–water partition coefficient (Wildman–Crippen LogP) is -0.350. The van der Waals surface area contributed by atoms with Gasteiger partial charge in [0.2, 0.25) is 0 Å². The minimum atomic E-state index is -0.226. The summed E-state index contributed by atoms with van der Waals surface area (Å²) in [6, 6.07) is 1.65. The van der Waals surface area contributed by atoms with Crippen LogP contribution in [0.5, 0.6) is 0 Å². The topological polar surface area (TPSA) is 72.1 Å². The van der Waals surface area contributed by atoms with Gasteiger partial charge in [0.25, 0.3) is 5.91 Å². The molecule has 0 unspecified atom stereocenters. The first-order valence-corrected chi connectivity index (χ1v) is 4.43. The Morgan fingerprint density at radius 2 is 2.29 bits per heavy atom. The average molecular weight is 192 g/mol. The summed E-state index contributed by atoms with van der Waals surface area (Å²) < 4.78 is 0. The summed E-state index contributed by atoms with van der Waals surface area (Å²) in [5, 5.41) is 7.27. The molecular formula is C9H12N4O. The molecule has 0 saturated carbocycles. The summed E-state index contributed by atoms with van der Waals surface area (Å²) in [6.45, 7) is 3.14. The van der Waals surface area contributed by atoms with Crippen molar-refractivity contribution < 1.29 is 4.79 Å². The lowest BCUT2D eigenvalue weighted by atomic mass is 9.93. The Morgan fingerprint density at radius 3 is 2.79 bits per heavy atom. The first-order valence-electron chi connectivity index (χ1n) is 4.43. The number of nitrogens with two attached hydrogens (primary N) is 1. The summed E-state index contributed by atoms with van der Waals surface area (Å²) >= 11 is 0. The van der Waals surface area contributed by atoms with Crippen LogP contribution in [-0.2, 0) is 0 Å². The van der Waals surface area contributed by atoms with E-state index in [9.17, 15) is 4.79 Å². The number of hydrogen-bond acceptors (Lipinski definition) is 4. The van der Waals surface area contributed by atoms with E-state index in [0.717, 1.165) is 0 Å². The average Bonchev–Trinajstić information content (AvgIpc) is 2.14. The van der Waals surface area contributed by atoms with E-state index < -0.39 is 0 Å². The number of likely N-dealkylation sites (tertiary alicyclic amines) is 1. The van der Waals surface area contributed by atoms with Gasteiger partial charge in [0.1, 0.15) is 0 Å². The quantitative estimate of drug-likeness (QED) is 0.660. The molecule has 5 nitrogen and oxygen atoms in total. The molecule has 1 amide bonds. The molecule has 5 heteroatoms. The first kappa shape index (κ1) is 9.08. The van der Waals surface area contributed by atoms with Crippen LogP contribution in [-0.4, -0.2) is 39.6 Å². The zero-order chi connectivity index (χ0) is 10.2. The zero-order valence-electron chi connectivity index (χ0n) is 7.97. The molecule has 0 radical (unpaired) electrons. The molecule has 14 heavy (non-hydrogen) atoms. The lowest BCUT2D eigenvalue weighted by Crippen LogP contribution is -2.66. The number of aromatic nitrogens is 2. The van der Waals surface area contributed by atoms with E-state index in [1.807, 2.05) is 6.92 Å². The zero-order valence-corrected chi connectivity index (χ0v) is 7.97. The molecule has 0 aliphatic carbocycles. The van der Waals surface area contributed by atoms with Crippen LogP contribution >= 0.6 is 0 Å². The number of nitrogens with zero attached hydrogens (tertiary/aromatic N) is 3. The van der Waals surface area contributed by atoms with E-state index in [-0.39, 0.29) is 11.4 Å². The summed E-state index contributed by atoms with van der Waals surface area (Å²) in [4.78, 5) is 13.4. The first-order chi connectivity index (χ1) is 6.58. The minimum absolute atomic E-state index is 0.0252. The largest absolute Gasteiger partial charge is 0.335 e. The van der Waals surface area contributed by atoms with Crippen molar-refractivity contribution in [2.24, 2.45) is 5.73 Å². The van der Waals surface area contributed by atoms with Crippen molar-refractivity contribution in [2.45, 2.75) is 12.5 Å². The maximum Gasteiger partial charge on any atom is 0.255 e. The van der Waals surface area contributed by atoms with E-state index >= 15 is 0 Å². The second kappa shape index (κ2) is 3.02. The summed E-state index contributed by atoms with van der Waals surface area (Å²) in [7, 11) is 0. The SMILES string of the molecule is CC1(N)CN(C(=O)c2ccnnc2)C1. The van der Waals surface area contributed by atoms with E-state index in [0.29, 0.717) is 18.7 Å². The molecule has 0 atom stereocenters. The van der Waals surface area contributed by atoms with Gasteiger partial charge >= 0.3 is 0 Å². The van der Waals surface area contributed by atoms with Crippen LogP contribution in [0.2, 0.25) is 0 Å². The van der Waals surface area contributed by atoms with Crippen LogP contribution in [0.25, 0.3) is 0 Å². The molecule has 1 aliphatic heterocycles. The van der Waals surface area contributed by atoms with Gasteiger partial charge in [-0.25, -0.2) is 0 Å². The van der Waals surface area contributed by atoms with Crippen molar-refractivity contribution in [3.63, 3.8) is 0 Å². The molecule has 1 fully saturated rings. The van der Waals surface area contributed by atoms with Gasteiger partial charge in [0.15, 0.2) is 0 Å². The highest BCUT2D eigenvalue weighted by molar-refractivity contribution is 5.94. The van der Waals surface area contributed by atoms with Gasteiger partial charge < -0.3 is 10.6 Å². The Labute approximate surface area is 81.9 Å². The highest BCUT2D eigenvalue weighted by Gasteiger charge is 2.38. The predicted molar refractivity (Wildman–Crippen MR) is 50.5 cm³/mol. The molecule has 0 bridgehead atoms. The number of hydrogen-bond donors (Lipinski definition) is 1. The smallest absolute Gasteiger partial charge is 0.255 e. The monoisotopic (exact) mass is 192 g/mol. The van der Waals surface area contributed by atoms with Gasteiger partial charge in [-0.3, -0.25) is 4.79 Å².